The van der Waals surface area contributed by atoms with Gasteiger partial charge in [-0.3, -0.25) is 9.69 Å². The Balaban J connectivity index is 1.43. The normalized spacial score (nSPS) is 22.6. The number of hydrogen-bond donors (Lipinski definition) is 2. The van der Waals surface area contributed by atoms with Gasteiger partial charge in [0.15, 0.2) is 5.13 Å². The van der Waals surface area contributed by atoms with Crippen LogP contribution in [0.3, 0.4) is 0 Å². The number of ether oxygens (including phenoxy) is 1. The minimum absolute atomic E-state index is 0.115. The average molecular weight is 607 g/mol. The number of anilines is 1. The summed E-state index contributed by atoms with van der Waals surface area (Å²) in [5.74, 6) is -0.775. The monoisotopic (exact) mass is 606 g/mol. The number of carboxylic acid groups (broad SMARTS) is 1. The fraction of sp³-hybridized carbons (Fsp3) is 0.515. The Labute approximate surface area is 257 Å². The summed E-state index contributed by atoms with van der Waals surface area (Å²) in [6.07, 6.45) is 10.8. The van der Waals surface area contributed by atoms with Crippen LogP contribution in [0.2, 0.25) is 0 Å². The van der Waals surface area contributed by atoms with Crippen molar-refractivity contribution < 1.29 is 24.2 Å². The topological polar surface area (TPSA) is 112 Å². The van der Waals surface area contributed by atoms with E-state index < -0.39 is 30.2 Å². The molecule has 0 bridgehead atoms. The number of hydrogen-bond acceptors (Lipinski definition) is 7. The van der Waals surface area contributed by atoms with Crippen molar-refractivity contribution in [1.29, 1.82) is 0 Å². The molecule has 2 N–H and O–H groups in total. The highest BCUT2D eigenvalue weighted by Gasteiger charge is 2.50. The maximum Gasteiger partial charge on any atom is 0.408 e. The summed E-state index contributed by atoms with van der Waals surface area (Å²) >= 11 is 1.50. The number of aromatic nitrogens is 1. The number of aryl methyl sites for hydroxylation is 1. The molecule has 2 amide bonds. The summed E-state index contributed by atoms with van der Waals surface area (Å²) in [4.78, 5) is 47.9. The van der Waals surface area contributed by atoms with Crippen LogP contribution in [0.4, 0.5) is 9.93 Å². The quantitative estimate of drug-likeness (QED) is 0.176. The van der Waals surface area contributed by atoms with E-state index in [4.69, 9.17) is 9.72 Å². The van der Waals surface area contributed by atoms with Gasteiger partial charge in [0.1, 0.15) is 12.1 Å². The molecule has 3 aliphatic rings. The zero-order valence-corrected chi connectivity index (χ0v) is 25.7. The van der Waals surface area contributed by atoms with Crippen LogP contribution < -0.4 is 5.32 Å². The molecule has 1 saturated carbocycles. The molecule has 1 unspecified atom stereocenters. The van der Waals surface area contributed by atoms with Crippen molar-refractivity contribution in [2.24, 2.45) is 11.8 Å². The Hall–Kier alpha value is -3.66. The van der Waals surface area contributed by atoms with Crippen LogP contribution >= 0.6 is 11.3 Å². The molecule has 230 valence electrons. The van der Waals surface area contributed by atoms with Gasteiger partial charge in [0.2, 0.25) is 5.91 Å². The van der Waals surface area contributed by atoms with Gasteiger partial charge in [0.05, 0.1) is 25.4 Å². The predicted octanol–water partition coefficient (Wildman–Crippen LogP) is 6.28. The smallest absolute Gasteiger partial charge is 0.408 e. The van der Waals surface area contributed by atoms with E-state index in [-0.39, 0.29) is 30.8 Å². The number of unbranched alkanes of at least 4 members (excludes halogenated alkanes) is 1. The van der Waals surface area contributed by atoms with Gasteiger partial charge in [-0.2, -0.15) is 0 Å². The van der Waals surface area contributed by atoms with Crippen LogP contribution in [-0.2, 0) is 27.3 Å². The second kappa shape index (κ2) is 13.8. The summed E-state index contributed by atoms with van der Waals surface area (Å²) in [7, 11) is 1.34. The lowest BCUT2D eigenvalue weighted by Gasteiger charge is -2.34. The van der Waals surface area contributed by atoms with Crippen LogP contribution in [0, 0.1) is 11.8 Å². The number of rotatable bonds is 11. The molecule has 1 saturated heterocycles. The summed E-state index contributed by atoms with van der Waals surface area (Å²) in [6, 6.07) is 4.00. The third-order valence-electron chi connectivity index (χ3n) is 9.29. The summed E-state index contributed by atoms with van der Waals surface area (Å²) < 4.78 is 5.19. The van der Waals surface area contributed by atoms with Crippen LogP contribution in [-0.4, -0.2) is 63.6 Å². The highest BCUT2D eigenvalue weighted by Crippen LogP contribution is 2.45. The lowest BCUT2D eigenvalue weighted by Crippen LogP contribution is -2.51. The molecule has 0 spiro atoms. The Morgan fingerprint density at radius 3 is 2.70 bits per heavy atom. The fourth-order valence-corrected chi connectivity index (χ4v) is 7.97. The zero-order chi connectivity index (χ0) is 30.5. The first kappa shape index (κ1) is 30.8. The number of fused-ring (bicyclic) bond motifs is 1. The number of allylic oxidation sites excluding steroid dienone is 1. The highest BCUT2D eigenvalue weighted by atomic mass is 32.1. The second-order valence-electron chi connectivity index (χ2n) is 11.8. The molecular formula is C33H42N4O5S. The van der Waals surface area contributed by atoms with E-state index >= 15 is 0 Å². The van der Waals surface area contributed by atoms with Gasteiger partial charge in [-0.25, -0.2) is 14.6 Å². The van der Waals surface area contributed by atoms with Gasteiger partial charge >= 0.3 is 12.1 Å². The van der Waals surface area contributed by atoms with E-state index in [1.807, 2.05) is 29.7 Å². The van der Waals surface area contributed by atoms with Crippen molar-refractivity contribution in [3.8, 4) is 0 Å². The third kappa shape index (κ3) is 6.49. The number of nitrogens with zero attached hydrogens (tertiary/aromatic N) is 3. The lowest BCUT2D eigenvalue weighted by molar-refractivity contribution is -0.151. The fourth-order valence-electron chi connectivity index (χ4n) is 7.18. The number of amides is 2. The van der Waals surface area contributed by atoms with E-state index in [0.29, 0.717) is 11.6 Å². The largest absolute Gasteiger partial charge is 0.467 e. The number of esters is 1. The molecule has 5 rings (SSSR count). The molecule has 2 fully saturated rings. The molecule has 1 aliphatic carbocycles. The first-order valence-electron chi connectivity index (χ1n) is 15.3. The highest BCUT2D eigenvalue weighted by molar-refractivity contribution is 7.13. The number of carbonyl (C=O) groups is 3. The van der Waals surface area contributed by atoms with Gasteiger partial charge in [0.25, 0.3) is 0 Å². The molecule has 10 heteroatoms. The molecule has 2 aliphatic heterocycles. The first-order valence-corrected chi connectivity index (χ1v) is 16.2. The Kier molecular flexibility index (Phi) is 9.85. The van der Waals surface area contributed by atoms with Crippen molar-refractivity contribution >= 4 is 40.5 Å². The van der Waals surface area contributed by atoms with Crippen molar-refractivity contribution in [3.05, 3.63) is 65.2 Å². The molecule has 2 aromatic rings. The first-order chi connectivity index (χ1) is 20.9. The number of likely N-dealkylation sites (tertiary alicyclic amines) is 1. The van der Waals surface area contributed by atoms with Gasteiger partial charge in [-0.05, 0) is 61.1 Å². The molecule has 43 heavy (non-hydrogen) atoms. The number of thiazole rings is 1. The van der Waals surface area contributed by atoms with Crippen molar-refractivity contribution in [2.45, 2.75) is 82.5 Å². The molecular weight excluding hydrogens is 564 g/mol. The minimum Gasteiger partial charge on any atom is -0.467 e. The SMILES string of the molecule is C=CCCCc1csc(N[C@H](C(=O)N2C[C@H](C3c4cccc(C=C)c4CN3C(=O)O)C[C@H]2C(=O)OC)C2CCCCC2)n1. The number of methoxy groups -OCH3 is 1. The van der Waals surface area contributed by atoms with Gasteiger partial charge < -0.3 is 20.1 Å². The Bertz CT molecular complexity index is 1350. The average Bonchev–Trinajstić information content (AvgIpc) is 3.76. The number of carbonyl (C=O) groups excluding carboxylic acids is 2. The molecule has 4 atom stereocenters. The van der Waals surface area contributed by atoms with E-state index in [2.05, 4.69) is 18.5 Å². The summed E-state index contributed by atoms with van der Waals surface area (Å²) in [5.41, 5.74) is 3.73. The summed E-state index contributed by atoms with van der Waals surface area (Å²) in [6.45, 7) is 8.21. The Morgan fingerprint density at radius 2 is 2.00 bits per heavy atom. The van der Waals surface area contributed by atoms with Crippen molar-refractivity contribution in [3.63, 3.8) is 0 Å². The molecule has 1 aromatic heterocycles. The van der Waals surface area contributed by atoms with Gasteiger partial charge in [-0.15, -0.1) is 17.9 Å². The molecule has 3 heterocycles. The van der Waals surface area contributed by atoms with E-state index in [1.165, 1.54) is 23.3 Å². The van der Waals surface area contributed by atoms with Crippen LogP contribution in [0.1, 0.15) is 79.8 Å². The standard InChI is InChI=1S/C33H42N4O5S/c1-4-6-8-15-24-20-43-32(34-24)35-28(22-12-9-7-10-13-22)30(38)36-18-23(17-27(36)31(39)42-3)29-25-16-11-14-21(5-2)26(25)19-37(29)33(40)41/h4-5,11,14,16,20,22-23,27-29H,1-2,6-10,12-13,15,17-19H2,3H3,(H,34,35)(H,40,41)/t23-,27+,28+,29?/m1/s1. The zero-order valence-electron chi connectivity index (χ0n) is 24.9. The molecule has 9 nitrogen and oxygen atoms in total. The minimum atomic E-state index is -1.02. The Morgan fingerprint density at radius 1 is 1.21 bits per heavy atom. The maximum absolute atomic E-state index is 14.5. The second-order valence-corrected chi connectivity index (χ2v) is 12.7. The third-order valence-corrected chi connectivity index (χ3v) is 10.1. The van der Waals surface area contributed by atoms with E-state index in [1.54, 1.807) is 11.0 Å². The van der Waals surface area contributed by atoms with Crippen molar-refractivity contribution in [1.82, 2.24) is 14.8 Å². The van der Waals surface area contributed by atoms with Crippen LogP contribution in [0.15, 0.2) is 42.8 Å². The lowest BCUT2D eigenvalue weighted by atomic mass is 9.83. The van der Waals surface area contributed by atoms with Gasteiger partial charge in [-0.1, -0.05) is 56.2 Å². The number of benzene rings is 1. The molecule has 1 aromatic carbocycles. The van der Waals surface area contributed by atoms with Gasteiger partial charge in [0, 0.05) is 17.8 Å². The van der Waals surface area contributed by atoms with Crippen LogP contribution in [0.5, 0.6) is 0 Å². The van der Waals surface area contributed by atoms with Crippen molar-refractivity contribution in [2.75, 3.05) is 19.0 Å². The molecule has 0 radical (unpaired) electrons. The summed E-state index contributed by atoms with van der Waals surface area (Å²) in [5, 5.41) is 16.4. The van der Waals surface area contributed by atoms with Crippen LogP contribution in [0.25, 0.3) is 6.08 Å². The van der Waals surface area contributed by atoms with E-state index in [9.17, 15) is 19.5 Å². The number of nitrogens with one attached hydrogen (secondary N) is 1. The van der Waals surface area contributed by atoms with E-state index in [0.717, 1.165) is 73.8 Å². The maximum atomic E-state index is 14.5. The predicted molar refractivity (Wildman–Crippen MR) is 168 cm³/mol.